The number of carbonyl (C=O) groups excluding carboxylic acids is 1. The summed E-state index contributed by atoms with van der Waals surface area (Å²) in [5, 5.41) is 5.32. The van der Waals surface area contributed by atoms with Gasteiger partial charge in [-0.25, -0.2) is 19.7 Å². The van der Waals surface area contributed by atoms with Crippen LogP contribution >= 0.6 is 0 Å². The van der Waals surface area contributed by atoms with Crippen LogP contribution in [-0.2, 0) is 0 Å². The monoisotopic (exact) mass is 587 g/mol. The van der Waals surface area contributed by atoms with Crippen LogP contribution in [0.15, 0.2) is 91.3 Å². The number of fused-ring (bicyclic) bond motifs is 1. The van der Waals surface area contributed by atoms with Crippen LogP contribution in [0.3, 0.4) is 0 Å². The summed E-state index contributed by atoms with van der Waals surface area (Å²) >= 11 is 0. The van der Waals surface area contributed by atoms with Crippen molar-refractivity contribution in [2.75, 3.05) is 47.8 Å². The third kappa shape index (κ3) is 6.48. The zero-order valence-corrected chi connectivity index (χ0v) is 25.4. The molecule has 1 fully saturated rings. The van der Waals surface area contributed by atoms with Gasteiger partial charge >= 0.3 is 6.09 Å². The molecule has 44 heavy (non-hydrogen) atoms. The van der Waals surface area contributed by atoms with Crippen molar-refractivity contribution in [2.45, 2.75) is 27.2 Å². The number of pyridine rings is 1. The molecule has 1 aliphatic rings. The minimum atomic E-state index is -0.563. The molecular formula is C35H37N7O2. The van der Waals surface area contributed by atoms with Gasteiger partial charge < -0.3 is 15.0 Å². The number of hydrogen-bond acceptors (Lipinski definition) is 8. The summed E-state index contributed by atoms with van der Waals surface area (Å²) in [4.78, 5) is 34.0. The van der Waals surface area contributed by atoms with Crippen molar-refractivity contribution in [3.8, 4) is 5.75 Å². The zero-order chi connectivity index (χ0) is 30.5. The number of carbonyl (C=O) groups is 1. The van der Waals surface area contributed by atoms with Gasteiger partial charge in [-0.1, -0.05) is 55.5 Å². The first kappa shape index (κ1) is 29.1. The predicted molar refractivity (Wildman–Crippen MR) is 177 cm³/mol. The van der Waals surface area contributed by atoms with Gasteiger partial charge in [0.05, 0.1) is 17.6 Å². The van der Waals surface area contributed by atoms with Gasteiger partial charge in [0.15, 0.2) is 0 Å². The van der Waals surface area contributed by atoms with Crippen LogP contribution in [0, 0.1) is 13.8 Å². The summed E-state index contributed by atoms with van der Waals surface area (Å²) < 4.78 is 6.00. The van der Waals surface area contributed by atoms with Gasteiger partial charge in [0.2, 0.25) is 5.95 Å². The summed E-state index contributed by atoms with van der Waals surface area (Å²) in [5.41, 5.74) is 3.14. The first-order valence-electron chi connectivity index (χ1n) is 15.1. The number of nitrogens with zero attached hydrogens (tertiary/aromatic N) is 6. The maximum atomic E-state index is 13.9. The number of rotatable bonds is 8. The third-order valence-electron chi connectivity index (χ3n) is 7.88. The molecule has 1 N–H and O–H groups in total. The van der Waals surface area contributed by atoms with Crippen molar-refractivity contribution in [2.24, 2.45) is 0 Å². The Kier molecular flexibility index (Phi) is 8.65. The number of piperazine rings is 1. The van der Waals surface area contributed by atoms with Crippen LogP contribution in [0.5, 0.6) is 5.75 Å². The Morgan fingerprint density at radius 1 is 0.886 bits per heavy atom. The third-order valence-corrected chi connectivity index (χ3v) is 7.88. The van der Waals surface area contributed by atoms with Gasteiger partial charge in [-0.05, 0) is 73.0 Å². The average Bonchev–Trinajstić information content (AvgIpc) is 3.04. The topological polar surface area (TPSA) is 86.7 Å². The molecular weight excluding hydrogens is 550 g/mol. The molecule has 1 aliphatic heterocycles. The molecule has 5 aromatic rings. The summed E-state index contributed by atoms with van der Waals surface area (Å²) in [5.74, 6) is 2.21. The molecule has 0 unspecified atom stereocenters. The predicted octanol–water partition coefficient (Wildman–Crippen LogP) is 7.25. The van der Waals surface area contributed by atoms with Crippen LogP contribution in [0.25, 0.3) is 10.8 Å². The van der Waals surface area contributed by atoms with Crippen molar-refractivity contribution < 1.29 is 9.53 Å². The average molecular weight is 588 g/mol. The Morgan fingerprint density at radius 2 is 1.66 bits per heavy atom. The summed E-state index contributed by atoms with van der Waals surface area (Å²) in [6.45, 7) is 11.2. The molecule has 0 spiro atoms. The van der Waals surface area contributed by atoms with Gasteiger partial charge in [-0.3, -0.25) is 4.90 Å². The molecule has 0 aliphatic carbocycles. The molecule has 1 amide bonds. The van der Waals surface area contributed by atoms with E-state index < -0.39 is 6.09 Å². The molecule has 6 rings (SSSR count). The number of hydrogen-bond donors (Lipinski definition) is 1. The lowest BCUT2D eigenvalue weighted by Crippen LogP contribution is -2.46. The minimum Gasteiger partial charge on any atom is -0.409 e. The largest absolute Gasteiger partial charge is 0.425 e. The van der Waals surface area contributed by atoms with E-state index in [9.17, 15) is 4.79 Å². The van der Waals surface area contributed by atoms with Crippen LogP contribution in [0.2, 0.25) is 0 Å². The fourth-order valence-corrected chi connectivity index (χ4v) is 5.57. The van der Waals surface area contributed by atoms with E-state index in [1.54, 1.807) is 18.5 Å². The number of aryl methyl sites for hydroxylation is 2. The van der Waals surface area contributed by atoms with Crippen LogP contribution in [-0.4, -0.2) is 58.7 Å². The van der Waals surface area contributed by atoms with E-state index >= 15 is 0 Å². The lowest BCUT2D eigenvalue weighted by atomic mass is 10.1. The van der Waals surface area contributed by atoms with E-state index in [0.717, 1.165) is 66.1 Å². The van der Waals surface area contributed by atoms with Crippen LogP contribution in [0.4, 0.5) is 33.8 Å². The van der Waals surface area contributed by atoms with E-state index in [1.807, 2.05) is 86.6 Å². The molecule has 0 radical (unpaired) electrons. The van der Waals surface area contributed by atoms with E-state index in [2.05, 4.69) is 27.0 Å². The van der Waals surface area contributed by atoms with Crippen molar-refractivity contribution in [3.63, 3.8) is 0 Å². The first-order valence-corrected chi connectivity index (χ1v) is 15.1. The molecule has 9 heteroatoms. The molecule has 224 valence electrons. The summed E-state index contributed by atoms with van der Waals surface area (Å²) in [7, 11) is 0. The van der Waals surface area contributed by atoms with Crippen molar-refractivity contribution in [1.82, 2.24) is 19.9 Å². The quantitative estimate of drug-likeness (QED) is 0.203. The molecule has 0 bridgehead atoms. The number of amides is 1. The summed E-state index contributed by atoms with van der Waals surface area (Å²) in [6.07, 6.45) is 4.03. The number of ether oxygens (including phenoxy) is 1. The number of benzene rings is 3. The maximum Gasteiger partial charge on any atom is 0.425 e. The van der Waals surface area contributed by atoms with Crippen molar-refractivity contribution >= 4 is 45.8 Å². The van der Waals surface area contributed by atoms with E-state index in [4.69, 9.17) is 14.7 Å². The van der Waals surface area contributed by atoms with Gasteiger partial charge in [0.25, 0.3) is 0 Å². The summed E-state index contributed by atoms with van der Waals surface area (Å²) in [6, 6.07) is 25.4. The molecule has 0 atom stereocenters. The van der Waals surface area contributed by atoms with Gasteiger partial charge in [0.1, 0.15) is 17.4 Å². The fourth-order valence-electron chi connectivity index (χ4n) is 5.57. The van der Waals surface area contributed by atoms with E-state index in [-0.39, 0.29) is 0 Å². The molecule has 3 heterocycles. The minimum absolute atomic E-state index is 0.343. The Hall–Kier alpha value is -5.02. The highest BCUT2D eigenvalue weighted by Crippen LogP contribution is 2.31. The van der Waals surface area contributed by atoms with Crippen molar-refractivity contribution in [3.05, 3.63) is 102 Å². The number of para-hydroxylation sites is 1. The smallest absolute Gasteiger partial charge is 0.409 e. The lowest BCUT2D eigenvalue weighted by Gasteiger charge is -2.35. The number of aromatic nitrogens is 3. The normalized spacial score (nSPS) is 13.6. The molecule has 3 aromatic carbocycles. The second kappa shape index (κ2) is 13.1. The lowest BCUT2D eigenvalue weighted by molar-refractivity contribution is 0.209. The molecule has 9 nitrogen and oxygen atoms in total. The Balaban J connectivity index is 1.25. The van der Waals surface area contributed by atoms with Gasteiger partial charge in [-0.15, -0.1) is 0 Å². The Bertz CT molecular complexity index is 1730. The molecule has 0 saturated carbocycles. The van der Waals surface area contributed by atoms with E-state index in [1.165, 1.54) is 11.3 Å². The Morgan fingerprint density at radius 3 is 2.39 bits per heavy atom. The highest BCUT2D eigenvalue weighted by Gasteiger charge is 2.24. The van der Waals surface area contributed by atoms with Crippen molar-refractivity contribution in [1.29, 1.82) is 0 Å². The van der Waals surface area contributed by atoms with Crippen LogP contribution < -0.4 is 19.9 Å². The number of nitrogens with one attached hydrogen (secondary N) is 1. The fraction of sp³-hybridized carbons (Fsp3) is 0.257. The number of anilines is 5. The standard InChI is InChI=1S/C35H37N7O2/c1-4-18-40-19-21-41(22-20-40)31-15-13-29(24-37-31)38-34-36-17-16-32(39-34)42(30-14-12-27-10-5-6-11-28(27)23-30)35(43)44-33-25(2)8-7-9-26(33)3/h5-17,23-24H,4,18-22H2,1-3H3,(H,36,38,39). The van der Waals surface area contributed by atoms with Gasteiger partial charge in [0, 0.05) is 38.4 Å². The van der Waals surface area contributed by atoms with E-state index in [0.29, 0.717) is 23.2 Å². The highest BCUT2D eigenvalue weighted by molar-refractivity contribution is 5.99. The second-order valence-corrected chi connectivity index (χ2v) is 11.1. The maximum absolute atomic E-state index is 13.9. The SMILES string of the molecule is CCCN1CCN(c2ccc(Nc3nccc(N(C(=O)Oc4c(C)cccc4C)c4ccc5ccccc5c4)n3)cn2)CC1. The first-order chi connectivity index (χ1) is 21.5. The highest BCUT2D eigenvalue weighted by atomic mass is 16.6. The molecule has 2 aromatic heterocycles. The van der Waals surface area contributed by atoms with Crippen LogP contribution in [0.1, 0.15) is 24.5 Å². The van der Waals surface area contributed by atoms with Gasteiger partial charge in [-0.2, -0.15) is 4.98 Å². The Labute approximate surface area is 258 Å². The molecule has 1 saturated heterocycles. The zero-order valence-electron chi connectivity index (χ0n) is 25.4. The second-order valence-electron chi connectivity index (χ2n) is 11.1.